The molecule has 0 radical (unpaired) electrons. The van der Waals surface area contributed by atoms with Gasteiger partial charge in [-0.15, -0.1) is 12.4 Å². The fraction of sp³-hybridized carbons (Fsp3) is 0.500. The van der Waals surface area contributed by atoms with E-state index in [4.69, 9.17) is 0 Å². The fourth-order valence-corrected chi connectivity index (χ4v) is 2.87. The van der Waals surface area contributed by atoms with Gasteiger partial charge in [-0.2, -0.15) is 0 Å². The highest BCUT2D eigenvalue weighted by molar-refractivity contribution is 9.10. The summed E-state index contributed by atoms with van der Waals surface area (Å²) in [6, 6.07) is 7.97. The van der Waals surface area contributed by atoms with Gasteiger partial charge in [0.25, 0.3) is 0 Å². The predicted octanol–water partition coefficient (Wildman–Crippen LogP) is 3.02. The summed E-state index contributed by atoms with van der Waals surface area (Å²) >= 11 is 3.49. The topological polar surface area (TPSA) is 41.1 Å². The van der Waals surface area contributed by atoms with Crippen LogP contribution in [-0.4, -0.2) is 18.0 Å². The standard InChI is InChI=1S/C14H19BrN2O.ClH/c1-2-14(8-5-9-17-14)13(18)16-10-11-6-3-4-7-12(11)15;/h3-4,6-7,17H,2,5,8-10H2,1H3,(H,16,18);1H. The first kappa shape index (κ1) is 16.5. The van der Waals surface area contributed by atoms with Gasteiger partial charge in [-0.1, -0.05) is 41.1 Å². The van der Waals surface area contributed by atoms with Crippen molar-refractivity contribution in [3.63, 3.8) is 0 Å². The van der Waals surface area contributed by atoms with E-state index in [-0.39, 0.29) is 23.9 Å². The summed E-state index contributed by atoms with van der Waals surface area (Å²) in [6.07, 6.45) is 2.86. The van der Waals surface area contributed by atoms with Crippen LogP contribution in [0.2, 0.25) is 0 Å². The second kappa shape index (κ2) is 7.27. The van der Waals surface area contributed by atoms with E-state index in [0.717, 1.165) is 35.8 Å². The Kier molecular flexibility index (Phi) is 6.30. The Morgan fingerprint density at radius 3 is 2.79 bits per heavy atom. The highest BCUT2D eigenvalue weighted by Crippen LogP contribution is 2.23. The largest absolute Gasteiger partial charge is 0.350 e. The van der Waals surface area contributed by atoms with Crippen molar-refractivity contribution in [1.29, 1.82) is 0 Å². The molecule has 0 aromatic heterocycles. The van der Waals surface area contributed by atoms with E-state index in [9.17, 15) is 4.79 Å². The van der Waals surface area contributed by atoms with E-state index in [0.29, 0.717) is 6.54 Å². The number of halogens is 2. The zero-order valence-corrected chi connectivity index (χ0v) is 13.4. The van der Waals surface area contributed by atoms with Gasteiger partial charge in [0.05, 0.1) is 5.54 Å². The van der Waals surface area contributed by atoms with E-state index < -0.39 is 0 Å². The Balaban J connectivity index is 0.00000180. The van der Waals surface area contributed by atoms with Crippen molar-refractivity contribution in [2.24, 2.45) is 0 Å². The Morgan fingerprint density at radius 2 is 2.21 bits per heavy atom. The zero-order chi connectivity index (χ0) is 13.0. The van der Waals surface area contributed by atoms with E-state index in [1.165, 1.54) is 0 Å². The molecule has 1 aliphatic heterocycles. The number of carbonyl (C=O) groups excluding carboxylic acids is 1. The fourth-order valence-electron chi connectivity index (χ4n) is 2.45. The summed E-state index contributed by atoms with van der Waals surface area (Å²) in [5.41, 5.74) is 0.761. The van der Waals surface area contributed by atoms with Gasteiger partial charge in [-0.3, -0.25) is 4.79 Å². The molecular weight excluding hydrogens is 328 g/mol. The van der Waals surface area contributed by atoms with E-state index in [2.05, 4.69) is 33.5 Å². The van der Waals surface area contributed by atoms with Crippen LogP contribution in [0.1, 0.15) is 31.7 Å². The number of hydrogen-bond acceptors (Lipinski definition) is 2. The molecule has 0 bridgehead atoms. The van der Waals surface area contributed by atoms with Crippen molar-refractivity contribution in [2.45, 2.75) is 38.3 Å². The minimum Gasteiger partial charge on any atom is -0.350 e. The van der Waals surface area contributed by atoms with Crippen molar-refractivity contribution in [1.82, 2.24) is 10.6 Å². The summed E-state index contributed by atoms with van der Waals surface area (Å²) in [7, 11) is 0. The molecule has 106 valence electrons. The average Bonchev–Trinajstić information content (AvgIpc) is 2.87. The molecule has 0 aliphatic carbocycles. The van der Waals surface area contributed by atoms with E-state index in [1.807, 2.05) is 24.3 Å². The number of hydrogen-bond donors (Lipinski definition) is 2. The minimum absolute atomic E-state index is 0. The third-order valence-electron chi connectivity index (χ3n) is 3.68. The number of rotatable bonds is 4. The molecule has 1 saturated heterocycles. The van der Waals surface area contributed by atoms with Gasteiger partial charge in [-0.05, 0) is 37.4 Å². The second-order valence-electron chi connectivity index (χ2n) is 4.74. The van der Waals surface area contributed by atoms with Crippen molar-refractivity contribution in [3.8, 4) is 0 Å². The van der Waals surface area contributed by atoms with Crippen molar-refractivity contribution < 1.29 is 4.79 Å². The summed E-state index contributed by atoms with van der Waals surface area (Å²) in [5.74, 6) is 0.123. The lowest BCUT2D eigenvalue weighted by atomic mass is 9.93. The normalized spacial score (nSPS) is 21.8. The number of benzene rings is 1. The molecule has 2 rings (SSSR count). The molecule has 1 aliphatic rings. The summed E-state index contributed by atoms with van der Waals surface area (Å²) < 4.78 is 1.04. The molecule has 5 heteroatoms. The molecule has 2 N–H and O–H groups in total. The first-order chi connectivity index (χ1) is 8.68. The summed E-state index contributed by atoms with van der Waals surface area (Å²) in [4.78, 5) is 12.3. The van der Waals surface area contributed by atoms with Crippen LogP contribution in [0, 0.1) is 0 Å². The molecule has 1 aromatic carbocycles. The highest BCUT2D eigenvalue weighted by atomic mass is 79.9. The maximum absolute atomic E-state index is 12.3. The summed E-state index contributed by atoms with van der Waals surface area (Å²) in [6.45, 7) is 3.58. The smallest absolute Gasteiger partial charge is 0.240 e. The molecular formula is C14H20BrClN2O. The highest BCUT2D eigenvalue weighted by Gasteiger charge is 2.38. The minimum atomic E-state index is -0.346. The molecule has 19 heavy (non-hydrogen) atoms. The van der Waals surface area contributed by atoms with Crippen LogP contribution < -0.4 is 10.6 Å². The Morgan fingerprint density at radius 1 is 1.47 bits per heavy atom. The number of nitrogens with one attached hydrogen (secondary N) is 2. The van der Waals surface area contributed by atoms with Crippen LogP contribution in [0.25, 0.3) is 0 Å². The van der Waals surface area contributed by atoms with Crippen LogP contribution >= 0.6 is 28.3 Å². The Bertz CT molecular complexity index is 433. The quantitative estimate of drug-likeness (QED) is 0.879. The lowest BCUT2D eigenvalue weighted by Crippen LogP contribution is -2.52. The van der Waals surface area contributed by atoms with Crippen LogP contribution in [0.5, 0.6) is 0 Å². The molecule has 1 aromatic rings. The maximum atomic E-state index is 12.3. The van der Waals surface area contributed by atoms with Crippen molar-refractivity contribution in [3.05, 3.63) is 34.3 Å². The molecule has 1 atom stereocenters. The van der Waals surface area contributed by atoms with Gasteiger partial charge in [-0.25, -0.2) is 0 Å². The van der Waals surface area contributed by atoms with Crippen LogP contribution in [-0.2, 0) is 11.3 Å². The predicted molar refractivity (Wildman–Crippen MR) is 83.5 cm³/mol. The van der Waals surface area contributed by atoms with Crippen LogP contribution in [0.4, 0.5) is 0 Å². The van der Waals surface area contributed by atoms with Gasteiger partial charge < -0.3 is 10.6 Å². The monoisotopic (exact) mass is 346 g/mol. The van der Waals surface area contributed by atoms with Crippen molar-refractivity contribution in [2.75, 3.05) is 6.54 Å². The molecule has 0 spiro atoms. The average molecular weight is 348 g/mol. The van der Waals surface area contributed by atoms with Gasteiger partial charge in [0.15, 0.2) is 0 Å². The van der Waals surface area contributed by atoms with Crippen LogP contribution in [0.3, 0.4) is 0 Å². The summed E-state index contributed by atoms with van der Waals surface area (Å²) in [5, 5.41) is 6.39. The lowest BCUT2D eigenvalue weighted by molar-refractivity contribution is -0.127. The molecule has 3 nitrogen and oxygen atoms in total. The van der Waals surface area contributed by atoms with E-state index >= 15 is 0 Å². The molecule has 1 heterocycles. The van der Waals surface area contributed by atoms with Gasteiger partial charge in [0.1, 0.15) is 0 Å². The van der Waals surface area contributed by atoms with Crippen molar-refractivity contribution >= 4 is 34.2 Å². The molecule has 1 fully saturated rings. The first-order valence-electron chi connectivity index (χ1n) is 6.45. The Labute approximate surface area is 129 Å². The molecule has 0 saturated carbocycles. The first-order valence-corrected chi connectivity index (χ1v) is 7.24. The molecule has 1 amide bonds. The Hall–Kier alpha value is -0.580. The van der Waals surface area contributed by atoms with E-state index in [1.54, 1.807) is 0 Å². The maximum Gasteiger partial charge on any atom is 0.240 e. The lowest BCUT2D eigenvalue weighted by Gasteiger charge is -2.26. The SMILES string of the molecule is CCC1(C(=O)NCc2ccccc2Br)CCCN1.Cl. The van der Waals surface area contributed by atoms with Gasteiger partial charge in [0.2, 0.25) is 5.91 Å². The number of amides is 1. The van der Waals surface area contributed by atoms with Gasteiger partial charge in [0, 0.05) is 11.0 Å². The second-order valence-corrected chi connectivity index (χ2v) is 5.59. The molecule has 1 unspecified atom stereocenters. The third kappa shape index (κ3) is 3.71. The van der Waals surface area contributed by atoms with Gasteiger partial charge >= 0.3 is 0 Å². The number of carbonyl (C=O) groups is 1. The van der Waals surface area contributed by atoms with Crippen LogP contribution in [0.15, 0.2) is 28.7 Å². The zero-order valence-electron chi connectivity index (χ0n) is 11.0. The third-order valence-corrected chi connectivity index (χ3v) is 4.45.